The molecule has 1 amide bonds. The number of alkyl halides is 3. The van der Waals surface area contributed by atoms with Crippen LogP contribution in [0.5, 0.6) is 0 Å². The molecule has 0 aliphatic rings. The molecule has 0 aliphatic heterocycles. The lowest BCUT2D eigenvalue weighted by atomic mass is 10.0. The lowest BCUT2D eigenvalue weighted by Gasteiger charge is -2.13. The van der Waals surface area contributed by atoms with Gasteiger partial charge in [-0.25, -0.2) is 9.97 Å². The van der Waals surface area contributed by atoms with Crippen molar-refractivity contribution in [2.24, 2.45) is 5.73 Å². The van der Waals surface area contributed by atoms with Crippen LogP contribution < -0.4 is 16.4 Å². The average Bonchev–Trinajstić information content (AvgIpc) is 3.57. The molecular formula is C27H30ClF3N8O4. The fourth-order valence-electron chi connectivity index (χ4n) is 4.12. The van der Waals surface area contributed by atoms with Gasteiger partial charge < -0.3 is 26.2 Å². The highest BCUT2D eigenvalue weighted by Gasteiger charge is 2.38. The molecule has 5 N–H and O–H groups in total. The number of carboxylic acid groups (broad SMARTS) is 1. The zero-order valence-corrected chi connectivity index (χ0v) is 23.8. The normalized spacial score (nSPS) is 11.1. The Kier molecular flexibility index (Phi) is 11.6. The Labute approximate surface area is 249 Å². The van der Waals surface area contributed by atoms with Crippen molar-refractivity contribution in [1.29, 1.82) is 0 Å². The number of carbonyl (C=O) groups is 2. The molecule has 16 heteroatoms. The fraction of sp³-hybridized carbons (Fsp3) is 0.296. The van der Waals surface area contributed by atoms with Gasteiger partial charge in [-0.3, -0.25) is 18.7 Å². The first-order chi connectivity index (χ1) is 20.5. The second kappa shape index (κ2) is 15.1. The van der Waals surface area contributed by atoms with Gasteiger partial charge in [0.05, 0.1) is 37.2 Å². The summed E-state index contributed by atoms with van der Waals surface area (Å²) in [7, 11) is 0. The maximum Gasteiger partial charge on any atom is 0.435 e. The first kappa shape index (κ1) is 33.0. The van der Waals surface area contributed by atoms with Gasteiger partial charge in [0.15, 0.2) is 17.2 Å². The molecule has 0 bridgehead atoms. The van der Waals surface area contributed by atoms with E-state index in [2.05, 4.69) is 32.3 Å². The number of carbonyl (C=O) groups excluding carboxylic acids is 1. The molecule has 0 spiro atoms. The van der Waals surface area contributed by atoms with Crippen molar-refractivity contribution in [3.8, 4) is 11.3 Å². The van der Waals surface area contributed by atoms with Gasteiger partial charge in [-0.1, -0.05) is 25.1 Å². The number of nitrogens with two attached hydrogens (primary N) is 1. The highest BCUT2D eigenvalue weighted by Crippen LogP contribution is 2.37. The number of allylic oxidation sites excluding steroid dienone is 1. The molecule has 0 saturated heterocycles. The number of nitrogens with one attached hydrogen (secondary N) is 2. The van der Waals surface area contributed by atoms with E-state index >= 15 is 0 Å². The Balaban J connectivity index is 0.00000162. The predicted molar refractivity (Wildman–Crippen MR) is 154 cm³/mol. The number of hydrogen-bond donors (Lipinski definition) is 4. The summed E-state index contributed by atoms with van der Waals surface area (Å²) in [6.45, 7) is 6.67. The van der Waals surface area contributed by atoms with Gasteiger partial charge in [0.2, 0.25) is 0 Å². The number of nitrogens with zero attached hydrogens (tertiary/aromatic N) is 5. The molecule has 4 aromatic rings. The summed E-state index contributed by atoms with van der Waals surface area (Å²) in [4.78, 5) is 29.7. The van der Waals surface area contributed by atoms with E-state index in [9.17, 15) is 18.0 Å². The zero-order valence-electron chi connectivity index (χ0n) is 23.1. The number of rotatable bonds is 12. The molecule has 230 valence electrons. The van der Waals surface area contributed by atoms with E-state index in [0.717, 1.165) is 10.2 Å². The van der Waals surface area contributed by atoms with Gasteiger partial charge in [0.1, 0.15) is 0 Å². The van der Waals surface area contributed by atoms with Crippen LogP contribution in [-0.2, 0) is 28.7 Å². The van der Waals surface area contributed by atoms with Crippen LogP contribution in [0.4, 0.5) is 24.7 Å². The van der Waals surface area contributed by atoms with Gasteiger partial charge in [-0.05, 0) is 30.2 Å². The quantitative estimate of drug-likeness (QED) is 0.135. The number of aromatic nitrogens is 5. The van der Waals surface area contributed by atoms with E-state index in [-0.39, 0.29) is 35.2 Å². The van der Waals surface area contributed by atoms with E-state index < -0.39 is 11.9 Å². The van der Waals surface area contributed by atoms with Gasteiger partial charge >= 0.3 is 6.18 Å². The molecule has 3 aromatic heterocycles. The third-order valence-electron chi connectivity index (χ3n) is 5.86. The summed E-state index contributed by atoms with van der Waals surface area (Å²) in [5.41, 5.74) is 6.60. The minimum Gasteiger partial charge on any atom is -0.483 e. The van der Waals surface area contributed by atoms with Crippen molar-refractivity contribution >= 4 is 41.1 Å². The Morgan fingerprint density at radius 2 is 2.02 bits per heavy atom. The predicted octanol–water partition coefficient (Wildman–Crippen LogP) is 4.08. The van der Waals surface area contributed by atoms with Crippen molar-refractivity contribution in [2.45, 2.75) is 26.1 Å². The first-order valence-electron chi connectivity index (χ1n) is 12.9. The molecule has 0 atom stereocenters. The minimum absolute atomic E-state index is 0.0778. The highest BCUT2D eigenvalue weighted by atomic mass is 35.5. The van der Waals surface area contributed by atoms with Crippen LogP contribution in [0.25, 0.3) is 16.9 Å². The van der Waals surface area contributed by atoms with Crippen molar-refractivity contribution in [2.75, 3.05) is 31.6 Å². The number of ether oxygens (including phenoxy) is 1. The Morgan fingerprint density at radius 1 is 1.28 bits per heavy atom. The second-order valence-corrected chi connectivity index (χ2v) is 9.36. The Morgan fingerprint density at radius 3 is 2.67 bits per heavy atom. The van der Waals surface area contributed by atoms with E-state index in [1.165, 1.54) is 29.2 Å². The van der Waals surface area contributed by atoms with Crippen LogP contribution in [0, 0.1) is 0 Å². The van der Waals surface area contributed by atoms with Crippen LogP contribution in [0.3, 0.4) is 0 Å². The first-order valence-corrected chi connectivity index (χ1v) is 13.3. The number of anilines is 2. The number of hydrogen-bond acceptors (Lipinski definition) is 8. The maximum atomic E-state index is 13.8. The summed E-state index contributed by atoms with van der Waals surface area (Å²) in [5.74, 6) is 0.0942. The lowest BCUT2D eigenvalue weighted by molar-refractivity contribution is -0.141. The number of amides is 1. The van der Waals surface area contributed by atoms with Crippen LogP contribution in [0.2, 0.25) is 0 Å². The van der Waals surface area contributed by atoms with E-state index in [1.807, 2.05) is 13.0 Å². The van der Waals surface area contributed by atoms with E-state index in [1.54, 1.807) is 12.1 Å². The smallest absolute Gasteiger partial charge is 0.435 e. The minimum atomic E-state index is -4.70. The topological polar surface area (TPSA) is 162 Å². The molecule has 0 saturated carbocycles. The van der Waals surface area contributed by atoms with Crippen molar-refractivity contribution in [1.82, 2.24) is 29.5 Å². The molecule has 4 rings (SSSR count). The zero-order chi connectivity index (χ0) is 31.6. The largest absolute Gasteiger partial charge is 0.483 e. The Hall–Kier alpha value is -4.47. The number of fused-ring (bicyclic) bond motifs is 1. The molecule has 0 fully saturated rings. The summed E-state index contributed by atoms with van der Waals surface area (Å²) in [6.07, 6.45) is 1.45. The van der Waals surface area contributed by atoms with Crippen LogP contribution in [0.1, 0.15) is 28.5 Å². The molecule has 0 radical (unpaired) electrons. The van der Waals surface area contributed by atoms with Crippen molar-refractivity contribution < 1.29 is 32.6 Å². The molecule has 1 aromatic carbocycles. The monoisotopic (exact) mass is 622 g/mol. The van der Waals surface area contributed by atoms with Crippen LogP contribution in [0.15, 0.2) is 54.6 Å². The average molecular weight is 623 g/mol. The summed E-state index contributed by atoms with van der Waals surface area (Å²) in [5, 5.41) is 16.7. The number of aryl methyl sites for hydroxylation is 1. The molecule has 0 aliphatic carbocycles. The molecular weight excluding hydrogens is 593 g/mol. The highest BCUT2D eigenvalue weighted by molar-refractivity contribution is 6.29. The number of imidazole rings is 1. The molecule has 12 nitrogen and oxygen atoms in total. The third kappa shape index (κ3) is 8.53. The maximum absolute atomic E-state index is 13.8. The van der Waals surface area contributed by atoms with Crippen molar-refractivity contribution in [3.05, 3.63) is 71.4 Å². The van der Waals surface area contributed by atoms with E-state index in [0.29, 0.717) is 55.4 Å². The van der Waals surface area contributed by atoms with Crippen LogP contribution in [-0.4, -0.2) is 67.9 Å². The number of halogens is 4. The summed E-state index contributed by atoms with van der Waals surface area (Å²) < 4.78 is 49.3. The SMILES string of the molecule is C=C(Cl)Cn1cc(-c2cnc3c(Nc4ccc(C(=O)NCCOCCN)c(CC)c4)nccn23)c(C(F)(F)F)n1.O=CO. The fourth-order valence-corrected chi connectivity index (χ4v) is 4.24. The number of benzene rings is 1. The van der Waals surface area contributed by atoms with Gasteiger partial charge in [-0.2, -0.15) is 18.3 Å². The lowest BCUT2D eigenvalue weighted by Crippen LogP contribution is -2.28. The summed E-state index contributed by atoms with van der Waals surface area (Å²) >= 11 is 5.79. The van der Waals surface area contributed by atoms with E-state index in [4.69, 9.17) is 32.0 Å². The molecule has 43 heavy (non-hydrogen) atoms. The summed E-state index contributed by atoms with van der Waals surface area (Å²) in [6, 6.07) is 5.24. The molecule has 3 heterocycles. The van der Waals surface area contributed by atoms with Gasteiger partial charge in [0.25, 0.3) is 12.4 Å². The van der Waals surface area contributed by atoms with Gasteiger partial charge in [0, 0.05) is 48.0 Å². The molecule has 0 unspecified atom stereocenters. The van der Waals surface area contributed by atoms with Crippen molar-refractivity contribution in [3.63, 3.8) is 0 Å². The Bertz CT molecular complexity index is 1570. The third-order valence-corrected chi connectivity index (χ3v) is 5.97. The second-order valence-electron chi connectivity index (χ2n) is 8.83. The van der Waals surface area contributed by atoms with Gasteiger partial charge in [-0.15, -0.1) is 0 Å². The van der Waals surface area contributed by atoms with Crippen LogP contribution >= 0.6 is 11.6 Å². The standard InChI is InChI=1S/C26H28ClF3N8O2.CH2O2/c1-3-17-12-18(4-5-19(17)25(39)33-8-11-40-10-6-31)35-23-24-34-13-21(38(24)9-7-32-23)20-15-37(14-16(2)27)36-22(20)26(28,29)30;2-1-3/h4-5,7,9,12-13,15H,2-3,6,8,10-11,14,31H2,1H3,(H,32,35)(H,33,39);1H,(H,2,3).